The minimum atomic E-state index is -3.46. The summed E-state index contributed by atoms with van der Waals surface area (Å²) in [6.07, 6.45) is 0.510. The van der Waals surface area contributed by atoms with Gasteiger partial charge in [0.2, 0.25) is 0 Å². The molecular weight excluding hydrogens is 336 g/mol. The molecule has 0 amide bonds. The number of hydrogen-bond acceptors (Lipinski definition) is 4. The Kier molecular flexibility index (Phi) is 5.37. The molecule has 2 rings (SSSR count). The molecule has 1 aromatic carbocycles. The van der Waals surface area contributed by atoms with Crippen LogP contribution in [-0.4, -0.2) is 28.9 Å². The number of halogens is 2. The van der Waals surface area contributed by atoms with Gasteiger partial charge in [-0.05, 0) is 25.0 Å². The lowest BCUT2D eigenvalue weighted by Gasteiger charge is -2.13. The minimum Gasteiger partial charge on any atom is -0.228 e. The summed E-state index contributed by atoms with van der Waals surface area (Å²) in [4.78, 5) is 4.30. The molecule has 1 atom stereocenters. The quantitative estimate of drug-likeness (QED) is 0.796. The van der Waals surface area contributed by atoms with E-state index in [4.69, 9.17) is 0 Å². The molecule has 0 aliphatic rings. The van der Waals surface area contributed by atoms with Crippen LogP contribution in [0.3, 0.4) is 0 Å². The van der Waals surface area contributed by atoms with Crippen molar-refractivity contribution in [1.82, 2.24) is 14.8 Å². The van der Waals surface area contributed by atoms with Crippen LogP contribution in [-0.2, 0) is 16.3 Å². The second-order valence-electron chi connectivity index (χ2n) is 6.09. The molecular formula is C16H21F2N3O2S. The van der Waals surface area contributed by atoms with Crippen LogP contribution >= 0.6 is 0 Å². The topological polar surface area (TPSA) is 64.8 Å². The Labute approximate surface area is 140 Å². The van der Waals surface area contributed by atoms with Crippen LogP contribution in [0.25, 0.3) is 5.69 Å². The normalized spacial score (nSPS) is 13.5. The van der Waals surface area contributed by atoms with Gasteiger partial charge in [-0.15, -0.1) is 0 Å². The first-order valence-electron chi connectivity index (χ1n) is 7.78. The summed E-state index contributed by atoms with van der Waals surface area (Å²) in [5, 5.41) is 3.25. The summed E-state index contributed by atoms with van der Waals surface area (Å²) in [6.45, 7) is 6.95. The van der Waals surface area contributed by atoms with Gasteiger partial charge in [0, 0.05) is 18.2 Å². The minimum absolute atomic E-state index is 0.0772. The average Bonchev–Trinajstić information content (AvgIpc) is 2.91. The zero-order valence-corrected chi connectivity index (χ0v) is 14.9. The molecule has 0 saturated heterocycles. The van der Waals surface area contributed by atoms with Gasteiger partial charge in [-0.25, -0.2) is 26.9 Å². The molecule has 0 unspecified atom stereocenters. The fourth-order valence-corrected chi connectivity index (χ4v) is 3.29. The van der Waals surface area contributed by atoms with Crippen molar-refractivity contribution < 1.29 is 17.2 Å². The van der Waals surface area contributed by atoms with Gasteiger partial charge in [0.1, 0.15) is 22.6 Å². The molecule has 0 aliphatic heterocycles. The second-order valence-corrected chi connectivity index (χ2v) is 8.70. The number of hydrogen-bond donors (Lipinski definition) is 0. The van der Waals surface area contributed by atoms with Crippen LogP contribution in [0, 0.1) is 17.6 Å². The Morgan fingerprint density at radius 1 is 1.21 bits per heavy atom. The van der Waals surface area contributed by atoms with Gasteiger partial charge in [-0.1, -0.05) is 20.8 Å². The van der Waals surface area contributed by atoms with Crippen molar-refractivity contribution >= 4 is 9.84 Å². The first kappa shape index (κ1) is 18.5. The molecule has 0 N–H and O–H groups in total. The molecule has 0 aliphatic carbocycles. The zero-order valence-electron chi connectivity index (χ0n) is 14.1. The maximum atomic E-state index is 14.1. The summed E-state index contributed by atoms with van der Waals surface area (Å²) in [7, 11) is -3.46. The number of benzene rings is 1. The number of nitrogens with zero attached hydrogens (tertiary/aromatic N) is 3. The lowest BCUT2D eigenvalue weighted by Crippen LogP contribution is -2.17. The van der Waals surface area contributed by atoms with Crippen molar-refractivity contribution in [3.63, 3.8) is 0 Å². The first-order chi connectivity index (χ1) is 11.2. The lowest BCUT2D eigenvalue weighted by atomic mass is 10.1. The average molecular weight is 357 g/mol. The third-order valence-electron chi connectivity index (χ3n) is 3.71. The number of rotatable bonds is 6. The largest absolute Gasteiger partial charge is 0.228 e. The van der Waals surface area contributed by atoms with Crippen LogP contribution in [0.15, 0.2) is 18.2 Å². The molecule has 0 spiro atoms. The smallest absolute Gasteiger partial charge is 0.159 e. The highest BCUT2D eigenvalue weighted by Crippen LogP contribution is 2.25. The van der Waals surface area contributed by atoms with Crippen LogP contribution in [0.1, 0.15) is 44.6 Å². The second kappa shape index (κ2) is 6.96. The summed E-state index contributed by atoms with van der Waals surface area (Å²) >= 11 is 0. The predicted octanol–water partition coefficient (Wildman–Crippen LogP) is 3.24. The molecule has 24 heavy (non-hydrogen) atoms. The molecule has 132 valence electrons. The fraction of sp³-hybridized carbons (Fsp3) is 0.500. The molecule has 5 nitrogen and oxygen atoms in total. The van der Waals surface area contributed by atoms with E-state index in [1.54, 1.807) is 0 Å². The predicted molar refractivity (Wildman–Crippen MR) is 87.7 cm³/mol. The molecule has 0 radical (unpaired) electrons. The highest BCUT2D eigenvalue weighted by molar-refractivity contribution is 7.91. The van der Waals surface area contributed by atoms with E-state index in [9.17, 15) is 17.2 Å². The Balaban J connectivity index is 2.65. The van der Waals surface area contributed by atoms with Crippen LogP contribution in [0.5, 0.6) is 0 Å². The van der Waals surface area contributed by atoms with Gasteiger partial charge in [0.05, 0.1) is 0 Å². The fourth-order valence-electron chi connectivity index (χ4n) is 2.32. The van der Waals surface area contributed by atoms with Crippen LogP contribution < -0.4 is 0 Å². The molecule has 0 saturated carbocycles. The summed E-state index contributed by atoms with van der Waals surface area (Å²) in [6, 6.07) is 2.96. The van der Waals surface area contributed by atoms with Crippen molar-refractivity contribution in [3.05, 3.63) is 41.5 Å². The Bertz CT molecular complexity index is 832. The Morgan fingerprint density at radius 2 is 1.88 bits per heavy atom. The van der Waals surface area contributed by atoms with Crippen molar-refractivity contribution in [2.75, 3.05) is 5.75 Å². The van der Waals surface area contributed by atoms with Crippen LogP contribution in [0.4, 0.5) is 8.78 Å². The third kappa shape index (κ3) is 3.80. The van der Waals surface area contributed by atoms with E-state index < -0.39 is 26.7 Å². The van der Waals surface area contributed by atoms with E-state index in [2.05, 4.69) is 10.1 Å². The summed E-state index contributed by atoms with van der Waals surface area (Å²) in [5.41, 5.74) is -0.148. The van der Waals surface area contributed by atoms with E-state index in [1.807, 2.05) is 13.8 Å². The van der Waals surface area contributed by atoms with Crippen molar-refractivity contribution in [3.8, 4) is 5.69 Å². The van der Waals surface area contributed by atoms with Gasteiger partial charge >= 0.3 is 0 Å². The van der Waals surface area contributed by atoms with E-state index in [1.165, 1.54) is 13.8 Å². The summed E-state index contributed by atoms with van der Waals surface area (Å²) < 4.78 is 53.2. The summed E-state index contributed by atoms with van der Waals surface area (Å²) in [5.74, 6) is -0.668. The highest BCUT2D eigenvalue weighted by atomic mass is 32.2. The Morgan fingerprint density at radius 3 is 2.46 bits per heavy atom. The van der Waals surface area contributed by atoms with Crippen molar-refractivity contribution in [2.45, 2.75) is 39.4 Å². The zero-order chi connectivity index (χ0) is 18.1. The van der Waals surface area contributed by atoms with Gasteiger partial charge in [-0.2, -0.15) is 5.10 Å². The Hall–Kier alpha value is -1.83. The highest BCUT2D eigenvalue weighted by Gasteiger charge is 2.28. The van der Waals surface area contributed by atoms with E-state index in [0.29, 0.717) is 12.2 Å². The SMILES string of the molecule is CCS(=O)(=O)[C@H](C)c1nc(CC(C)C)nn1-c1cc(F)ccc1F. The molecule has 8 heteroatoms. The van der Waals surface area contributed by atoms with Crippen molar-refractivity contribution in [1.29, 1.82) is 0 Å². The van der Waals surface area contributed by atoms with E-state index >= 15 is 0 Å². The molecule has 1 aromatic heterocycles. The van der Waals surface area contributed by atoms with Gasteiger partial charge in [-0.3, -0.25) is 0 Å². The maximum Gasteiger partial charge on any atom is 0.159 e. The molecule has 0 bridgehead atoms. The van der Waals surface area contributed by atoms with Gasteiger partial charge in [0.25, 0.3) is 0 Å². The standard InChI is InChI=1S/C16H21F2N3O2S/c1-5-24(22,23)11(4)16-19-15(8-10(2)3)20-21(16)14-9-12(17)6-7-13(14)18/h6-7,9-11H,5,8H2,1-4H3/t11-/m1/s1. The molecule has 0 fully saturated rings. The number of aromatic nitrogens is 3. The van der Waals surface area contributed by atoms with Crippen LogP contribution in [0.2, 0.25) is 0 Å². The lowest BCUT2D eigenvalue weighted by molar-refractivity contribution is 0.570. The number of sulfone groups is 1. The first-order valence-corrected chi connectivity index (χ1v) is 9.50. The molecule has 1 heterocycles. The third-order valence-corrected chi connectivity index (χ3v) is 5.80. The van der Waals surface area contributed by atoms with E-state index in [-0.39, 0.29) is 23.2 Å². The monoisotopic (exact) mass is 357 g/mol. The van der Waals surface area contributed by atoms with E-state index in [0.717, 1.165) is 22.9 Å². The van der Waals surface area contributed by atoms with Gasteiger partial charge in [0.15, 0.2) is 21.5 Å². The van der Waals surface area contributed by atoms with Crippen molar-refractivity contribution in [2.24, 2.45) is 5.92 Å². The maximum absolute atomic E-state index is 14.1. The van der Waals surface area contributed by atoms with Gasteiger partial charge < -0.3 is 0 Å². The molecule has 2 aromatic rings.